The molecule has 0 aromatic heterocycles. The Bertz CT molecular complexity index is 113. The minimum Gasteiger partial charge on any atom is -0.381 e. The van der Waals surface area contributed by atoms with Crippen LogP contribution in [0.1, 0.15) is 19.8 Å². The van der Waals surface area contributed by atoms with Gasteiger partial charge in [-0.1, -0.05) is 0 Å². The lowest BCUT2D eigenvalue weighted by molar-refractivity contribution is 0.178. The zero-order valence-electron chi connectivity index (χ0n) is 7.88. The first-order chi connectivity index (χ1) is 5.84. The Morgan fingerprint density at radius 1 is 1.67 bits per heavy atom. The third-order valence-electron chi connectivity index (χ3n) is 2.52. The zero-order chi connectivity index (χ0) is 8.81. The average molecular weight is 172 g/mol. The van der Waals surface area contributed by atoms with Crippen LogP contribution in [0, 0.1) is 5.92 Å². The quantitative estimate of drug-likeness (QED) is 0.588. The van der Waals surface area contributed by atoms with Crippen LogP contribution < -0.4 is 11.1 Å². The van der Waals surface area contributed by atoms with Crippen LogP contribution in [-0.4, -0.2) is 32.3 Å². The van der Waals surface area contributed by atoms with Crippen LogP contribution in [0.2, 0.25) is 0 Å². The lowest BCUT2D eigenvalue weighted by Crippen LogP contribution is -2.35. The fourth-order valence-electron chi connectivity index (χ4n) is 1.55. The molecular weight excluding hydrogens is 152 g/mol. The molecule has 0 saturated carbocycles. The van der Waals surface area contributed by atoms with E-state index in [-0.39, 0.29) is 0 Å². The van der Waals surface area contributed by atoms with Crippen molar-refractivity contribution in [2.75, 3.05) is 26.3 Å². The second kappa shape index (κ2) is 5.51. The molecule has 1 rings (SSSR count). The lowest BCUT2D eigenvalue weighted by atomic mass is 10.0. The molecule has 1 saturated heterocycles. The van der Waals surface area contributed by atoms with E-state index in [0.717, 1.165) is 32.7 Å². The molecule has 0 spiro atoms. The maximum atomic E-state index is 5.40. The van der Waals surface area contributed by atoms with Gasteiger partial charge in [0.25, 0.3) is 0 Å². The van der Waals surface area contributed by atoms with Crippen molar-refractivity contribution < 1.29 is 4.74 Å². The highest BCUT2D eigenvalue weighted by Gasteiger charge is 2.21. The van der Waals surface area contributed by atoms with Crippen LogP contribution in [-0.2, 0) is 4.74 Å². The lowest BCUT2D eigenvalue weighted by Gasteiger charge is -2.18. The number of rotatable bonds is 5. The smallest absolute Gasteiger partial charge is 0.0509 e. The van der Waals surface area contributed by atoms with E-state index < -0.39 is 0 Å². The van der Waals surface area contributed by atoms with Crippen LogP contribution >= 0.6 is 0 Å². The molecular formula is C9H20N2O. The van der Waals surface area contributed by atoms with E-state index in [1.807, 2.05) is 0 Å². The van der Waals surface area contributed by atoms with Crippen molar-refractivity contribution in [3.05, 3.63) is 0 Å². The van der Waals surface area contributed by atoms with Gasteiger partial charge in [-0.3, -0.25) is 0 Å². The Balaban J connectivity index is 2.05. The zero-order valence-corrected chi connectivity index (χ0v) is 7.88. The Kier molecular flexibility index (Phi) is 4.58. The summed E-state index contributed by atoms with van der Waals surface area (Å²) in [5, 5.41) is 3.47. The van der Waals surface area contributed by atoms with E-state index >= 15 is 0 Å². The van der Waals surface area contributed by atoms with Gasteiger partial charge in [0.15, 0.2) is 0 Å². The van der Waals surface area contributed by atoms with Gasteiger partial charge in [-0.2, -0.15) is 0 Å². The molecule has 2 unspecified atom stereocenters. The highest BCUT2D eigenvalue weighted by Crippen LogP contribution is 2.15. The number of hydrogen-bond acceptors (Lipinski definition) is 3. The van der Waals surface area contributed by atoms with E-state index in [1.165, 1.54) is 6.42 Å². The van der Waals surface area contributed by atoms with Crippen LogP contribution in [0.4, 0.5) is 0 Å². The summed E-state index contributed by atoms with van der Waals surface area (Å²) >= 11 is 0. The van der Waals surface area contributed by atoms with Crippen molar-refractivity contribution in [2.45, 2.75) is 25.8 Å². The standard InChI is InChI=1S/C9H20N2O/c1-8(11-5-2-4-10)9-3-6-12-7-9/h8-9,11H,2-7,10H2,1H3. The topological polar surface area (TPSA) is 47.3 Å². The molecule has 0 amide bonds. The van der Waals surface area contributed by atoms with E-state index in [0.29, 0.717) is 12.0 Å². The van der Waals surface area contributed by atoms with Crippen LogP contribution in [0.15, 0.2) is 0 Å². The van der Waals surface area contributed by atoms with Gasteiger partial charge >= 0.3 is 0 Å². The van der Waals surface area contributed by atoms with Gasteiger partial charge in [0.2, 0.25) is 0 Å². The summed E-state index contributed by atoms with van der Waals surface area (Å²) in [7, 11) is 0. The maximum Gasteiger partial charge on any atom is 0.0509 e. The Morgan fingerprint density at radius 2 is 2.50 bits per heavy atom. The van der Waals surface area contributed by atoms with Crippen LogP contribution in [0.5, 0.6) is 0 Å². The van der Waals surface area contributed by atoms with Crippen molar-refractivity contribution >= 4 is 0 Å². The molecule has 0 aromatic carbocycles. The predicted molar refractivity (Wildman–Crippen MR) is 50.1 cm³/mol. The van der Waals surface area contributed by atoms with E-state index in [4.69, 9.17) is 10.5 Å². The largest absolute Gasteiger partial charge is 0.381 e. The molecule has 72 valence electrons. The number of hydrogen-bond donors (Lipinski definition) is 2. The van der Waals surface area contributed by atoms with Gasteiger partial charge in [0, 0.05) is 12.6 Å². The molecule has 12 heavy (non-hydrogen) atoms. The SMILES string of the molecule is CC(NCCCN)C1CCOC1. The maximum absolute atomic E-state index is 5.40. The second-order valence-electron chi connectivity index (χ2n) is 3.51. The monoisotopic (exact) mass is 172 g/mol. The van der Waals surface area contributed by atoms with Gasteiger partial charge < -0.3 is 15.8 Å². The molecule has 1 fully saturated rings. The van der Waals surface area contributed by atoms with Gasteiger partial charge in [-0.25, -0.2) is 0 Å². The van der Waals surface area contributed by atoms with Crippen molar-refractivity contribution in [3.8, 4) is 0 Å². The fraction of sp³-hybridized carbons (Fsp3) is 1.00. The summed E-state index contributed by atoms with van der Waals surface area (Å²) < 4.78 is 5.32. The first-order valence-electron chi connectivity index (χ1n) is 4.86. The summed E-state index contributed by atoms with van der Waals surface area (Å²) in [5.74, 6) is 0.711. The Morgan fingerprint density at radius 3 is 3.08 bits per heavy atom. The van der Waals surface area contributed by atoms with Crippen molar-refractivity contribution in [1.29, 1.82) is 0 Å². The number of nitrogens with two attached hydrogens (primary N) is 1. The number of ether oxygens (including phenoxy) is 1. The summed E-state index contributed by atoms with van der Waals surface area (Å²) in [6.45, 7) is 5.91. The van der Waals surface area contributed by atoms with Gasteiger partial charge in [0.05, 0.1) is 6.61 Å². The molecule has 3 N–H and O–H groups in total. The van der Waals surface area contributed by atoms with Crippen molar-refractivity contribution in [1.82, 2.24) is 5.32 Å². The van der Waals surface area contributed by atoms with Crippen molar-refractivity contribution in [3.63, 3.8) is 0 Å². The molecule has 3 heteroatoms. The normalized spacial score (nSPS) is 26.0. The highest BCUT2D eigenvalue weighted by atomic mass is 16.5. The number of nitrogens with one attached hydrogen (secondary N) is 1. The van der Waals surface area contributed by atoms with E-state index in [1.54, 1.807) is 0 Å². The average Bonchev–Trinajstić information content (AvgIpc) is 2.56. The molecule has 2 atom stereocenters. The Labute approximate surface area is 74.7 Å². The van der Waals surface area contributed by atoms with Gasteiger partial charge in [0.1, 0.15) is 0 Å². The van der Waals surface area contributed by atoms with Gasteiger partial charge in [-0.15, -0.1) is 0 Å². The molecule has 0 aromatic rings. The third kappa shape index (κ3) is 3.09. The fourth-order valence-corrected chi connectivity index (χ4v) is 1.55. The molecule has 3 nitrogen and oxygen atoms in total. The molecule has 1 heterocycles. The molecule has 0 radical (unpaired) electrons. The summed E-state index contributed by atoms with van der Waals surface area (Å²) in [6.07, 6.45) is 2.27. The minimum absolute atomic E-state index is 0.582. The van der Waals surface area contributed by atoms with Crippen LogP contribution in [0.25, 0.3) is 0 Å². The molecule has 1 aliphatic heterocycles. The minimum atomic E-state index is 0.582. The molecule has 0 aliphatic carbocycles. The summed E-state index contributed by atoms with van der Waals surface area (Å²) in [5.41, 5.74) is 5.40. The third-order valence-corrected chi connectivity index (χ3v) is 2.52. The van der Waals surface area contributed by atoms with Gasteiger partial charge in [-0.05, 0) is 38.8 Å². The Hall–Kier alpha value is -0.120. The predicted octanol–water partition coefficient (Wildman–Crippen LogP) is 0.350. The van der Waals surface area contributed by atoms with Crippen molar-refractivity contribution in [2.24, 2.45) is 11.7 Å². The molecule has 1 aliphatic rings. The highest BCUT2D eigenvalue weighted by molar-refractivity contribution is 4.75. The van der Waals surface area contributed by atoms with E-state index in [2.05, 4.69) is 12.2 Å². The first-order valence-corrected chi connectivity index (χ1v) is 4.86. The summed E-state index contributed by atoms with van der Waals surface area (Å²) in [6, 6.07) is 0.582. The van der Waals surface area contributed by atoms with E-state index in [9.17, 15) is 0 Å². The molecule has 0 bridgehead atoms. The first kappa shape index (κ1) is 9.96. The van der Waals surface area contributed by atoms with Crippen LogP contribution in [0.3, 0.4) is 0 Å². The second-order valence-corrected chi connectivity index (χ2v) is 3.51. The summed E-state index contributed by atoms with van der Waals surface area (Å²) in [4.78, 5) is 0.